The highest BCUT2D eigenvalue weighted by Gasteiger charge is 2.17. The van der Waals surface area contributed by atoms with Crippen LogP contribution in [0.2, 0.25) is 0 Å². The van der Waals surface area contributed by atoms with Crippen LogP contribution in [0, 0.1) is 0 Å². The quantitative estimate of drug-likeness (QED) is 0.154. The monoisotopic (exact) mass is 778 g/mol. The summed E-state index contributed by atoms with van der Waals surface area (Å²) in [4.78, 5) is 10.4. The molecule has 0 saturated heterocycles. The van der Waals surface area contributed by atoms with Gasteiger partial charge in [-0.3, -0.25) is 0 Å². The molecular formula is C58H38N2O. The zero-order chi connectivity index (χ0) is 40.5. The molecule has 11 rings (SSSR count). The maximum atomic E-state index is 6.56. The van der Waals surface area contributed by atoms with E-state index in [1.54, 1.807) is 0 Å². The van der Waals surface area contributed by atoms with Crippen LogP contribution in [0.25, 0.3) is 111 Å². The molecular weight excluding hydrogens is 741 g/mol. The third kappa shape index (κ3) is 7.09. The average Bonchev–Trinajstić information content (AvgIpc) is 3.71. The normalized spacial score (nSPS) is 11.3. The molecule has 0 bridgehead atoms. The Bertz CT molecular complexity index is 3250. The van der Waals surface area contributed by atoms with Crippen molar-refractivity contribution in [1.29, 1.82) is 0 Å². The average molecular weight is 779 g/mol. The first-order valence-corrected chi connectivity index (χ1v) is 20.6. The van der Waals surface area contributed by atoms with Crippen LogP contribution in [0.1, 0.15) is 0 Å². The van der Waals surface area contributed by atoms with Gasteiger partial charge in [-0.1, -0.05) is 176 Å². The summed E-state index contributed by atoms with van der Waals surface area (Å²) in [5.74, 6) is 0.668. The lowest BCUT2D eigenvalue weighted by Gasteiger charge is -2.12. The first-order valence-electron chi connectivity index (χ1n) is 20.6. The molecule has 2 aromatic heterocycles. The zero-order valence-electron chi connectivity index (χ0n) is 33.2. The lowest BCUT2D eigenvalue weighted by atomic mass is 9.92. The van der Waals surface area contributed by atoms with Crippen molar-refractivity contribution < 1.29 is 4.42 Å². The Labute approximate surface area is 354 Å². The molecule has 286 valence electrons. The van der Waals surface area contributed by atoms with Gasteiger partial charge in [-0.25, -0.2) is 9.97 Å². The van der Waals surface area contributed by atoms with Crippen LogP contribution in [-0.4, -0.2) is 9.97 Å². The summed E-state index contributed by atoms with van der Waals surface area (Å²) in [5.41, 5.74) is 18.0. The van der Waals surface area contributed by atoms with Gasteiger partial charge in [-0.15, -0.1) is 0 Å². The smallest absolute Gasteiger partial charge is 0.160 e. The molecule has 0 aliphatic heterocycles. The molecule has 0 amide bonds. The summed E-state index contributed by atoms with van der Waals surface area (Å²) in [7, 11) is 0. The molecule has 9 aromatic carbocycles. The largest absolute Gasteiger partial charge is 0.456 e. The van der Waals surface area contributed by atoms with Crippen LogP contribution in [0.3, 0.4) is 0 Å². The fourth-order valence-corrected chi connectivity index (χ4v) is 8.38. The Morgan fingerprint density at radius 2 is 0.639 bits per heavy atom. The molecule has 0 N–H and O–H groups in total. The molecule has 3 heteroatoms. The van der Waals surface area contributed by atoms with E-state index in [0.717, 1.165) is 83.4 Å². The Kier molecular flexibility index (Phi) is 9.18. The van der Waals surface area contributed by atoms with E-state index >= 15 is 0 Å². The molecule has 61 heavy (non-hydrogen) atoms. The fourth-order valence-electron chi connectivity index (χ4n) is 8.38. The van der Waals surface area contributed by atoms with Crippen molar-refractivity contribution in [3.8, 4) is 89.5 Å². The molecule has 0 atom stereocenters. The van der Waals surface area contributed by atoms with Gasteiger partial charge in [0.25, 0.3) is 0 Å². The zero-order valence-corrected chi connectivity index (χ0v) is 33.2. The third-order valence-corrected chi connectivity index (χ3v) is 11.5. The predicted molar refractivity (Wildman–Crippen MR) is 253 cm³/mol. The van der Waals surface area contributed by atoms with Gasteiger partial charge in [0.15, 0.2) is 5.82 Å². The molecule has 2 heterocycles. The third-order valence-electron chi connectivity index (χ3n) is 11.5. The Morgan fingerprint density at radius 1 is 0.246 bits per heavy atom. The van der Waals surface area contributed by atoms with Crippen LogP contribution >= 0.6 is 0 Å². The number of rotatable bonds is 8. The van der Waals surface area contributed by atoms with E-state index in [1.165, 1.54) is 22.3 Å². The van der Waals surface area contributed by atoms with E-state index < -0.39 is 0 Å². The van der Waals surface area contributed by atoms with Crippen molar-refractivity contribution in [3.05, 3.63) is 231 Å². The lowest BCUT2D eigenvalue weighted by Crippen LogP contribution is -1.96. The standard InChI is InChI=1S/C58H38N2O/c1-6-16-39(17-7-1)47-32-48(40-18-8-2-9-19-40)34-49(33-47)41-26-28-45(29-27-41)58-59-54(44-24-14-5-15-25-44)38-55(60-58)46-30-31-56-52(35-46)53-36-50(42-20-10-3-11-21-42)51(37-57(53)61-56)43-22-12-4-13-23-43/h1-38H. The maximum absolute atomic E-state index is 6.56. The van der Waals surface area contributed by atoms with Crippen LogP contribution in [0.4, 0.5) is 0 Å². The molecule has 0 radical (unpaired) electrons. The van der Waals surface area contributed by atoms with Crippen LogP contribution in [0.5, 0.6) is 0 Å². The molecule has 0 aliphatic rings. The highest BCUT2D eigenvalue weighted by Crippen LogP contribution is 2.41. The van der Waals surface area contributed by atoms with E-state index in [1.807, 2.05) is 6.07 Å². The van der Waals surface area contributed by atoms with Crippen LogP contribution < -0.4 is 0 Å². The number of aromatic nitrogens is 2. The van der Waals surface area contributed by atoms with Gasteiger partial charge in [0, 0.05) is 27.5 Å². The minimum Gasteiger partial charge on any atom is -0.456 e. The number of hydrogen-bond acceptors (Lipinski definition) is 3. The summed E-state index contributed by atoms with van der Waals surface area (Å²) < 4.78 is 6.56. The highest BCUT2D eigenvalue weighted by atomic mass is 16.3. The number of fused-ring (bicyclic) bond motifs is 3. The second-order valence-corrected chi connectivity index (χ2v) is 15.4. The maximum Gasteiger partial charge on any atom is 0.160 e. The fraction of sp³-hybridized carbons (Fsp3) is 0. The number of furan rings is 1. The van der Waals surface area contributed by atoms with Gasteiger partial charge >= 0.3 is 0 Å². The molecule has 11 aromatic rings. The van der Waals surface area contributed by atoms with E-state index in [0.29, 0.717) is 5.82 Å². The summed E-state index contributed by atoms with van der Waals surface area (Å²) in [6.07, 6.45) is 0. The minimum atomic E-state index is 0.668. The lowest BCUT2D eigenvalue weighted by molar-refractivity contribution is 0.669. The second kappa shape index (κ2) is 15.6. The van der Waals surface area contributed by atoms with Gasteiger partial charge in [0.2, 0.25) is 0 Å². The Hall–Kier alpha value is -8.14. The molecule has 3 nitrogen and oxygen atoms in total. The summed E-state index contributed by atoms with van der Waals surface area (Å²) in [6.45, 7) is 0. The first-order chi connectivity index (χ1) is 30.2. The molecule has 0 saturated carbocycles. The van der Waals surface area contributed by atoms with Gasteiger partial charge in [-0.2, -0.15) is 0 Å². The van der Waals surface area contributed by atoms with Crippen LogP contribution in [0.15, 0.2) is 235 Å². The Morgan fingerprint density at radius 3 is 1.16 bits per heavy atom. The van der Waals surface area contributed by atoms with Gasteiger partial charge in [-0.05, 0) is 110 Å². The summed E-state index contributed by atoms with van der Waals surface area (Å²) in [6, 6.07) is 81.1. The van der Waals surface area contributed by atoms with Crippen molar-refractivity contribution in [1.82, 2.24) is 9.97 Å². The first kappa shape index (κ1) is 36.0. The Balaban J connectivity index is 1.02. The van der Waals surface area contributed by atoms with E-state index in [-0.39, 0.29) is 0 Å². The molecule has 0 fully saturated rings. The van der Waals surface area contributed by atoms with Crippen molar-refractivity contribution >= 4 is 21.9 Å². The van der Waals surface area contributed by atoms with Crippen molar-refractivity contribution in [2.75, 3.05) is 0 Å². The molecule has 0 unspecified atom stereocenters. The number of hydrogen-bond donors (Lipinski definition) is 0. The summed E-state index contributed by atoms with van der Waals surface area (Å²) >= 11 is 0. The van der Waals surface area contributed by atoms with E-state index in [9.17, 15) is 0 Å². The second-order valence-electron chi connectivity index (χ2n) is 15.4. The summed E-state index contributed by atoms with van der Waals surface area (Å²) in [5, 5.41) is 2.11. The molecule has 0 spiro atoms. The van der Waals surface area contributed by atoms with E-state index in [4.69, 9.17) is 14.4 Å². The van der Waals surface area contributed by atoms with Gasteiger partial charge in [0.1, 0.15) is 11.2 Å². The minimum absolute atomic E-state index is 0.668. The van der Waals surface area contributed by atoms with Crippen molar-refractivity contribution in [3.63, 3.8) is 0 Å². The van der Waals surface area contributed by atoms with Crippen molar-refractivity contribution in [2.45, 2.75) is 0 Å². The van der Waals surface area contributed by atoms with Gasteiger partial charge in [0.05, 0.1) is 11.4 Å². The van der Waals surface area contributed by atoms with Crippen LogP contribution in [-0.2, 0) is 0 Å². The molecule has 0 aliphatic carbocycles. The highest BCUT2D eigenvalue weighted by molar-refractivity contribution is 6.10. The van der Waals surface area contributed by atoms with E-state index in [2.05, 4.69) is 224 Å². The van der Waals surface area contributed by atoms with Gasteiger partial charge < -0.3 is 4.42 Å². The van der Waals surface area contributed by atoms with Crippen molar-refractivity contribution in [2.24, 2.45) is 0 Å². The topological polar surface area (TPSA) is 38.9 Å². The SMILES string of the molecule is c1ccc(-c2cc(-c3ccccc3)cc(-c3ccc(-c4nc(-c5ccccc5)cc(-c5ccc6oc7cc(-c8ccccc8)c(-c8ccccc8)cc7c6c5)n4)cc3)c2)cc1. The number of nitrogens with zero attached hydrogens (tertiary/aromatic N) is 2. The predicted octanol–water partition coefficient (Wildman–Crippen LogP) is 15.7. The number of benzene rings is 9.